The van der Waals surface area contributed by atoms with Crippen LogP contribution in [0.15, 0.2) is 0 Å². The minimum Gasteiger partial charge on any atom is -0.352 e. The highest BCUT2D eigenvalue weighted by atomic mass is 19.4. The maximum Gasteiger partial charge on any atom is 0.396 e. The van der Waals surface area contributed by atoms with E-state index in [9.17, 15) is 13.2 Å². The molecular formula is C8H15F3O2. The van der Waals surface area contributed by atoms with Crippen molar-refractivity contribution in [2.45, 2.75) is 33.2 Å². The summed E-state index contributed by atoms with van der Waals surface area (Å²) in [5.41, 5.74) is 0. The van der Waals surface area contributed by atoms with Gasteiger partial charge in [-0.25, -0.2) is 0 Å². The Morgan fingerprint density at radius 1 is 1.08 bits per heavy atom. The third-order valence-electron chi connectivity index (χ3n) is 1.59. The van der Waals surface area contributed by atoms with Gasteiger partial charge in [0.2, 0.25) is 0 Å². The highest BCUT2D eigenvalue weighted by Gasteiger charge is 2.42. The Balaban J connectivity index is 4.18. The lowest BCUT2D eigenvalue weighted by Gasteiger charge is -2.25. The molecule has 80 valence electrons. The highest BCUT2D eigenvalue weighted by Crippen LogP contribution is 2.30. The van der Waals surface area contributed by atoms with Crippen molar-refractivity contribution in [3.8, 4) is 0 Å². The van der Waals surface area contributed by atoms with Crippen molar-refractivity contribution in [2.24, 2.45) is 5.92 Å². The van der Waals surface area contributed by atoms with Crippen LogP contribution in [0.5, 0.6) is 0 Å². The van der Waals surface area contributed by atoms with Crippen molar-refractivity contribution in [3.63, 3.8) is 0 Å². The average Bonchev–Trinajstić information content (AvgIpc) is 2.01. The summed E-state index contributed by atoms with van der Waals surface area (Å²) >= 11 is 0. The molecule has 0 amide bonds. The fraction of sp³-hybridized carbons (Fsp3) is 1.00. The summed E-state index contributed by atoms with van der Waals surface area (Å²) in [5, 5.41) is 0. The van der Waals surface area contributed by atoms with Crippen molar-refractivity contribution >= 4 is 0 Å². The van der Waals surface area contributed by atoms with Gasteiger partial charge in [0.1, 0.15) is 5.92 Å². The molecule has 0 fully saturated rings. The van der Waals surface area contributed by atoms with E-state index in [1.807, 2.05) is 0 Å². The van der Waals surface area contributed by atoms with Gasteiger partial charge in [0.25, 0.3) is 0 Å². The Labute approximate surface area is 76.0 Å². The molecular weight excluding hydrogens is 185 g/mol. The SMILES string of the molecule is CCOC(OCC)C(C)C(F)(F)F. The summed E-state index contributed by atoms with van der Waals surface area (Å²) in [6.45, 7) is 4.75. The molecule has 5 heteroatoms. The van der Waals surface area contributed by atoms with E-state index in [0.717, 1.165) is 6.92 Å². The van der Waals surface area contributed by atoms with Crippen LogP contribution in [0.25, 0.3) is 0 Å². The number of hydrogen-bond acceptors (Lipinski definition) is 2. The summed E-state index contributed by atoms with van der Waals surface area (Å²) in [5.74, 6) is -1.59. The summed E-state index contributed by atoms with van der Waals surface area (Å²) in [7, 11) is 0. The number of alkyl halides is 3. The second kappa shape index (κ2) is 5.44. The van der Waals surface area contributed by atoms with Crippen LogP contribution in [0.2, 0.25) is 0 Å². The second-order valence-electron chi connectivity index (χ2n) is 2.61. The molecule has 0 N–H and O–H groups in total. The minimum atomic E-state index is -4.27. The van der Waals surface area contributed by atoms with E-state index in [0.29, 0.717) is 0 Å². The van der Waals surface area contributed by atoms with Crippen molar-refractivity contribution in [1.29, 1.82) is 0 Å². The first-order valence-corrected chi connectivity index (χ1v) is 4.23. The molecule has 0 rings (SSSR count). The molecule has 0 spiro atoms. The topological polar surface area (TPSA) is 18.5 Å². The lowest BCUT2D eigenvalue weighted by atomic mass is 10.1. The molecule has 0 saturated carbocycles. The standard InChI is InChI=1S/C8H15F3O2/c1-4-12-7(13-5-2)6(3)8(9,10)11/h6-7H,4-5H2,1-3H3. The number of hydrogen-bond donors (Lipinski definition) is 0. The molecule has 0 radical (unpaired) electrons. The molecule has 0 aliphatic rings. The Morgan fingerprint density at radius 2 is 1.46 bits per heavy atom. The summed E-state index contributed by atoms with van der Waals surface area (Å²) in [4.78, 5) is 0. The van der Waals surface area contributed by atoms with Gasteiger partial charge in [0.15, 0.2) is 6.29 Å². The van der Waals surface area contributed by atoms with E-state index in [-0.39, 0.29) is 13.2 Å². The van der Waals surface area contributed by atoms with Crippen molar-refractivity contribution in [2.75, 3.05) is 13.2 Å². The van der Waals surface area contributed by atoms with Gasteiger partial charge < -0.3 is 9.47 Å². The summed E-state index contributed by atoms with van der Waals surface area (Å²) in [6.07, 6.45) is -5.45. The third-order valence-corrected chi connectivity index (χ3v) is 1.59. The largest absolute Gasteiger partial charge is 0.396 e. The molecule has 1 atom stereocenters. The van der Waals surface area contributed by atoms with Gasteiger partial charge in [0, 0.05) is 13.2 Å². The van der Waals surface area contributed by atoms with Crippen molar-refractivity contribution < 1.29 is 22.6 Å². The maximum atomic E-state index is 12.2. The predicted octanol–water partition coefficient (Wildman–Crippen LogP) is 2.58. The summed E-state index contributed by atoms with van der Waals surface area (Å²) in [6, 6.07) is 0. The molecule has 13 heavy (non-hydrogen) atoms. The fourth-order valence-electron chi connectivity index (χ4n) is 0.820. The van der Waals surface area contributed by atoms with Crippen LogP contribution in [0.1, 0.15) is 20.8 Å². The van der Waals surface area contributed by atoms with Gasteiger partial charge in [-0.3, -0.25) is 0 Å². The molecule has 0 aliphatic carbocycles. The molecule has 1 unspecified atom stereocenters. The average molecular weight is 200 g/mol. The van der Waals surface area contributed by atoms with Gasteiger partial charge in [-0.05, 0) is 20.8 Å². The van der Waals surface area contributed by atoms with Crippen LogP contribution < -0.4 is 0 Å². The first-order valence-electron chi connectivity index (χ1n) is 4.23. The molecule has 0 aromatic heterocycles. The van der Waals surface area contributed by atoms with E-state index in [1.165, 1.54) is 0 Å². The van der Waals surface area contributed by atoms with E-state index in [2.05, 4.69) is 0 Å². The molecule has 2 nitrogen and oxygen atoms in total. The molecule has 0 bridgehead atoms. The minimum absolute atomic E-state index is 0.213. The zero-order valence-corrected chi connectivity index (χ0v) is 8.02. The lowest BCUT2D eigenvalue weighted by molar-refractivity contribution is -0.259. The van der Waals surface area contributed by atoms with Crippen LogP contribution in [0.4, 0.5) is 13.2 Å². The van der Waals surface area contributed by atoms with E-state index in [1.54, 1.807) is 13.8 Å². The van der Waals surface area contributed by atoms with E-state index >= 15 is 0 Å². The molecule has 0 saturated heterocycles. The Kier molecular flexibility index (Phi) is 5.32. The van der Waals surface area contributed by atoms with Gasteiger partial charge in [-0.15, -0.1) is 0 Å². The first kappa shape index (κ1) is 12.7. The van der Waals surface area contributed by atoms with Crippen LogP contribution in [-0.4, -0.2) is 25.7 Å². The van der Waals surface area contributed by atoms with E-state index < -0.39 is 18.4 Å². The quantitative estimate of drug-likeness (QED) is 0.635. The molecule has 0 aliphatic heterocycles. The maximum absolute atomic E-state index is 12.2. The van der Waals surface area contributed by atoms with E-state index in [4.69, 9.17) is 9.47 Å². The van der Waals surface area contributed by atoms with Gasteiger partial charge in [-0.1, -0.05) is 0 Å². The summed E-state index contributed by atoms with van der Waals surface area (Å²) < 4.78 is 46.2. The van der Waals surface area contributed by atoms with Crippen LogP contribution >= 0.6 is 0 Å². The van der Waals surface area contributed by atoms with Crippen LogP contribution in [0, 0.1) is 5.92 Å². The van der Waals surface area contributed by atoms with Gasteiger partial charge in [-0.2, -0.15) is 13.2 Å². The molecule has 0 heterocycles. The van der Waals surface area contributed by atoms with Crippen molar-refractivity contribution in [1.82, 2.24) is 0 Å². The molecule has 0 aromatic rings. The van der Waals surface area contributed by atoms with Gasteiger partial charge in [0.05, 0.1) is 0 Å². The normalized spacial score (nSPS) is 15.0. The molecule has 0 aromatic carbocycles. The number of halogens is 3. The van der Waals surface area contributed by atoms with Gasteiger partial charge >= 0.3 is 6.18 Å². The second-order valence-corrected chi connectivity index (χ2v) is 2.61. The van der Waals surface area contributed by atoms with Crippen molar-refractivity contribution in [3.05, 3.63) is 0 Å². The zero-order chi connectivity index (χ0) is 10.5. The zero-order valence-electron chi connectivity index (χ0n) is 8.02. The Morgan fingerprint density at radius 3 is 1.69 bits per heavy atom. The first-order chi connectivity index (χ1) is 5.93. The number of ether oxygens (including phenoxy) is 2. The fourth-order valence-corrected chi connectivity index (χ4v) is 0.820. The Hall–Kier alpha value is -0.290. The number of rotatable bonds is 5. The van der Waals surface area contributed by atoms with Crippen LogP contribution in [-0.2, 0) is 9.47 Å². The predicted molar refractivity (Wildman–Crippen MR) is 42.3 cm³/mol. The van der Waals surface area contributed by atoms with Crippen LogP contribution in [0.3, 0.4) is 0 Å². The Bertz CT molecular complexity index is 130. The highest BCUT2D eigenvalue weighted by molar-refractivity contribution is 4.66. The smallest absolute Gasteiger partial charge is 0.352 e. The third kappa shape index (κ3) is 4.47. The lowest BCUT2D eigenvalue weighted by Crippen LogP contribution is -2.35. The monoisotopic (exact) mass is 200 g/mol.